The lowest BCUT2D eigenvalue weighted by Gasteiger charge is -2.32. The number of nitrogens with zero attached hydrogens (tertiary/aromatic N) is 2. The SMILES string of the molecule is CCNC(=NCC(CC)Oc1ccccc1F)NC1CCN(C(=O)OCC)CC1.I. The molecule has 0 spiro atoms. The number of nitrogens with one attached hydrogen (secondary N) is 2. The van der Waals surface area contributed by atoms with Crippen LogP contribution in [0.25, 0.3) is 0 Å². The van der Waals surface area contributed by atoms with E-state index in [1.807, 2.05) is 20.8 Å². The first-order chi connectivity index (χ1) is 14.1. The second-order valence-corrected chi connectivity index (χ2v) is 6.90. The van der Waals surface area contributed by atoms with Crippen molar-refractivity contribution in [3.63, 3.8) is 0 Å². The van der Waals surface area contributed by atoms with Gasteiger partial charge in [0.25, 0.3) is 0 Å². The van der Waals surface area contributed by atoms with Crippen molar-refractivity contribution in [3.8, 4) is 5.75 Å². The lowest BCUT2D eigenvalue weighted by Crippen LogP contribution is -2.50. The van der Waals surface area contributed by atoms with Crippen LogP contribution in [-0.4, -0.2) is 61.9 Å². The Hall–Kier alpha value is -1.78. The number of piperidine rings is 1. The van der Waals surface area contributed by atoms with Crippen LogP contribution in [0.5, 0.6) is 5.75 Å². The number of guanidine groups is 1. The molecule has 1 aromatic carbocycles. The molecule has 7 nitrogen and oxygen atoms in total. The molecule has 1 fully saturated rings. The number of benzene rings is 1. The maximum absolute atomic E-state index is 13.8. The van der Waals surface area contributed by atoms with Crippen molar-refractivity contribution in [1.82, 2.24) is 15.5 Å². The van der Waals surface area contributed by atoms with Crippen LogP contribution in [0.3, 0.4) is 0 Å². The zero-order valence-electron chi connectivity index (χ0n) is 18.0. The fourth-order valence-electron chi connectivity index (χ4n) is 3.10. The third-order valence-corrected chi connectivity index (χ3v) is 4.74. The molecule has 2 N–H and O–H groups in total. The Kier molecular flexibility index (Phi) is 12.5. The standard InChI is InChI=1S/C21H33FN4O3.HI/c1-4-17(29-19-10-8-7-9-18(19)22)15-24-20(23-5-2)25-16-11-13-26(14-12-16)21(27)28-6-3;/h7-10,16-17H,4-6,11-15H2,1-3H3,(H2,23,24,25);1H. The molecule has 1 unspecified atom stereocenters. The third kappa shape index (κ3) is 8.53. The lowest BCUT2D eigenvalue weighted by molar-refractivity contribution is 0.0963. The van der Waals surface area contributed by atoms with Crippen LogP contribution in [-0.2, 0) is 4.74 Å². The molecule has 1 aliphatic heterocycles. The molecule has 9 heteroatoms. The number of carbonyl (C=O) groups is 1. The van der Waals surface area contributed by atoms with Gasteiger partial charge in [-0.1, -0.05) is 19.1 Å². The predicted octanol–water partition coefficient (Wildman–Crippen LogP) is 3.78. The van der Waals surface area contributed by atoms with Crippen molar-refractivity contribution in [1.29, 1.82) is 0 Å². The number of hydrogen-bond acceptors (Lipinski definition) is 4. The van der Waals surface area contributed by atoms with Gasteiger partial charge < -0.3 is 25.0 Å². The zero-order valence-corrected chi connectivity index (χ0v) is 20.4. The number of likely N-dealkylation sites (tertiary alicyclic amines) is 1. The van der Waals surface area contributed by atoms with E-state index in [1.54, 1.807) is 23.1 Å². The van der Waals surface area contributed by atoms with Crippen molar-refractivity contribution in [2.24, 2.45) is 4.99 Å². The average molecular weight is 536 g/mol. The number of halogens is 2. The molecule has 1 aliphatic rings. The number of aliphatic imine (C=N–C) groups is 1. The van der Waals surface area contributed by atoms with E-state index in [4.69, 9.17) is 9.47 Å². The summed E-state index contributed by atoms with van der Waals surface area (Å²) in [5.41, 5.74) is 0. The third-order valence-electron chi connectivity index (χ3n) is 4.74. The first kappa shape index (κ1) is 26.3. The van der Waals surface area contributed by atoms with Gasteiger partial charge in [-0.3, -0.25) is 0 Å². The molecule has 0 saturated carbocycles. The van der Waals surface area contributed by atoms with Crippen molar-refractivity contribution in [2.75, 3.05) is 32.8 Å². The van der Waals surface area contributed by atoms with E-state index in [1.165, 1.54) is 6.07 Å². The topological polar surface area (TPSA) is 75.2 Å². The van der Waals surface area contributed by atoms with E-state index in [0.717, 1.165) is 25.8 Å². The first-order valence-corrected chi connectivity index (χ1v) is 10.4. The van der Waals surface area contributed by atoms with Crippen molar-refractivity contribution in [3.05, 3.63) is 30.1 Å². The molecule has 0 radical (unpaired) electrons. The molecule has 0 aromatic heterocycles. The second kappa shape index (κ2) is 14.3. The number of hydrogen-bond donors (Lipinski definition) is 2. The van der Waals surface area contributed by atoms with Gasteiger partial charge >= 0.3 is 6.09 Å². The summed E-state index contributed by atoms with van der Waals surface area (Å²) in [6, 6.07) is 6.64. The molecule has 2 rings (SSSR count). The molecular weight excluding hydrogens is 502 g/mol. The van der Waals surface area contributed by atoms with Gasteiger partial charge in [0.15, 0.2) is 17.5 Å². The Labute approximate surface area is 195 Å². The number of carbonyl (C=O) groups excluding carboxylic acids is 1. The molecular formula is C21H34FIN4O3. The quantitative estimate of drug-likeness (QED) is 0.301. The highest BCUT2D eigenvalue weighted by molar-refractivity contribution is 14.0. The fourth-order valence-corrected chi connectivity index (χ4v) is 3.10. The van der Waals surface area contributed by atoms with Gasteiger partial charge in [-0.25, -0.2) is 14.2 Å². The molecule has 1 aromatic rings. The van der Waals surface area contributed by atoms with Crippen LogP contribution >= 0.6 is 24.0 Å². The van der Waals surface area contributed by atoms with E-state index in [-0.39, 0.29) is 53.8 Å². The summed E-state index contributed by atoms with van der Waals surface area (Å²) in [6.45, 7) is 8.67. The summed E-state index contributed by atoms with van der Waals surface area (Å²) in [5, 5.41) is 6.68. The van der Waals surface area contributed by atoms with Crippen molar-refractivity contribution < 1.29 is 18.7 Å². The Balaban J connectivity index is 0.00000450. The summed E-state index contributed by atoms with van der Waals surface area (Å²) in [7, 11) is 0. The zero-order chi connectivity index (χ0) is 21.1. The molecule has 0 bridgehead atoms. The summed E-state index contributed by atoms with van der Waals surface area (Å²) in [6.07, 6.45) is 1.91. The van der Waals surface area contributed by atoms with Crippen LogP contribution in [0.2, 0.25) is 0 Å². The normalized spacial score (nSPS) is 15.7. The molecule has 0 aliphatic carbocycles. The van der Waals surface area contributed by atoms with Gasteiger partial charge in [0.2, 0.25) is 0 Å². The Morgan fingerprint density at radius 1 is 1.27 bits per heavy atom. The summed E-state index contributed by atoms with van der Waals surface area (Å²) < 4.78 is 24.7. The maximum atomic E-state index is 13.8. The molecule has 30 heavy (non-hydrogen) atoms. The molecule has 1 atom stereocenters. The van der Waals surface area contributed by atoms with Gasteiger partial charge in [-0.2, -0.15) is 0 Å². The van der Waals surface area contributed by atoms with Crippen molar-refractivity contribution >= 4 is 36.0 Å². The summed E-state index contributed by atoms with van der Waals surface area (Å²) in [4.78, 5) is 18.2. The van der Waals surface area contributed by atoms with E-state index in [2.05, 4.69) is 15.6 Å². The number of ether oxygens (including phenoxy) is 2. The Morgan fingerprint density at radius 2 is 1.97 bits per heavy atom. The largest absolute Gasteiger partial charge is 0.485 e. The van der Waals surface area contributed by atoms with Crippen LogP contribution < -0.4 is 15.4 Å². The van der Waals surface area contributed by atoms with E-state index in [0.29, 0.717) is 32.2 Å². The number of rotatable bonds is 8. The summed E-state index contributed by atoms with van der Waals surface area (Å²) in [5.74, 6) is 0.588. The van der Waals surface area contributed by atoms with Crippen molar-refractivity contribution in [2.45, 2.75) is 52.2 Å². The molecule has 170 valence electrons. The maximum Gasteiger partial charge on any atom is 0.409 e. The highest BCUT2D eigenvalue weighted by Gasteiger charge is 2.24. The smallest absolute Gasteiger partial charge is 0.409 e. The molecule has 1 heterocycles. The van der Waals surface area contributed by atoms with Crippen LogP contribution in [0, 0.1) is 5.82 Å². The second-order valence-electron chi connectivity index (χ2n) is 6.90. The minimum atomic E-state index is -0.367. The van der Waals surface area contributed by atoms with Crippen LogP contribution in [0.15, 0.2) is 29.3 Å². The minimum Gasteiger partial charge on any atom is -0.485 e. The minimum absolute atomic E-state index is 0. The lowest BCUT2D eigenvalue weighted by atomic mass is 10.1. The average Bonchev–Trinajstić information content (AvgIpc) is 2.73. The van der Waals surface area contributed by atoms with Gasteiger partial charge in [0, 0.05) is 25.7 Å². The van der Waals surface area contributed by atoms with Crippen LogP contribution in [0.1, 0.15) is 40.0 Å². The highest BCUT2D eigenvalue weighted by Crippen LogP contribution is 2.18. The van der Waals surface area contributed by atoms with Gasteiger partial charge in [0.05, 0.1) is 13.2 Å². The van der Waals surface area contributed by atoms with Gasteiger partial charge in [-0.05, 0) is 45.2 Å². The van der Waals surface area contributed by atoms with E-state index < -0.39 is 0 Å². The number of amides is 1. The monoisotopic (exact) mass is 536 g/mol. The van der Waals surface area contributed by atoms with Crippen LogP contribution in [0.4, 0.5) is 9.18 Å². The highest BCUT2D eigenvalue weighted by atomic mass is 127. The fraction of sp³-hybridized carbons (Fsp3) is 0.619. The van der Waals surface area contributed by atoms with Gasteiger partial charge in [-0.15, -0.1) is 24.0 Å². The van der Waals surface area contributed by atoms with Gasteiger partial charge in [0.1, 0.15) is 6.10 Å². The van der Waals surface area contributed by atoms with E-state index >= 15 is 0 Å². The number of para-hydroxylation sites is 1. The summed E-state index contributed by atoms with van der Waals surface area (Å²) >= 11 is 0. The first-order valence-electron chi connectivity index (χ1n) is 10.4. The molecule has 1 amide bonds. The predicted molar refractivity (Wildman–Crippen MR) is 127 cm³/mol. The Bertz CT molecular complexity index is 669. The van der Waals surface area contributed by atoms with E-state index in [9.17, 15) is 9.18 Å². The molecule has 1 saturated heterocycles. The Morgan fingerprint density at radius 3 is 2.57 bits per heavy atom.